The third kappa shape index (κ3) is 3.65. The molecular formula is C12H16N2O4. The van der Waals surface area contributed by atoms with Crippen LogP contribution in [0.2, 0.25) is 0 Å². The maximum Gasteiger partial charge on any atom is 0.323 e. The summed E-state index contributed by atoms with van der Waals surface area (Å²) < 4.78 is 5.05. The zero-order chi connectivity index (χ0) is 13.7. The Morgan fingerprint density at radius 3 is 2.61 bits per heavy atom. The number of rotatable bonds is 4. The van der Waals surface area contributed by atoms with E-state index < -0.39 is 12.0 Å². The normalized spacial score (nSPS) is 9.72. The Balaban J connectivity index is 2.72. The molecule has 1 aromatic rings. The van der Waals surface area contributed by atoms with E-state index in [4.69, 9.17) is 9.84 Å². The van der Waals surface area contributed by atoms with Crippen LogP contribution in [0.25, 0.3) is 0 Å². The zero-order valence-electron chi connectivity index (χ0n) is 10.6. The molecule has 0 aliphatic carbocycles. The molecule has 0 heterocycles. The third-order valence-electron chi connectivity index (χ3n) is 2.39. The lowest BCUT2D eigenvalue weighted by atomic mass is 10.2. The van der Waals surface area contributed by atoms with Gasteiger partial charge in [-0.1, -0.05) is 0 Å². The number of carbonyl (C=O) groups excluding carboxylic acids is 1. The van der Waals surface area contributed by atoms with Crippen LogP contribution in [0, 0.1) is 6.92 Å². The second-order valence-corrected chi connectivity index (χ2v) is 3.86. The van der Waals surface area contributed by atoms with E-state index in [-0.39, 0.29) is 6.54 Å². The lowest BCUT2D eigenvalue weighted by molar-refractivity contribution is -0.137. The van der Waals surface area contributed by atoms with Crippen molar-refractivity contribution < 1.29 is 19.4 Å². The number of methoxy groups -OCH3 is 1. The predicted octanol–water partition coefficient (Wildman–Crippen LogP) is 1.55. The molecule has 0 aliphatic rings. The second kappa shape index (κ2) is 5.90. The average Bonchev–Trinajstić information content (AvgIpc) is 2.30. The van der Waals surface area contributed by atoms with E-state index in [1.54, 1.807) is 25.3 Å². The van der Waals surface area contributed by atoms with Crippen molar-refractivity contribution in [2.75, 3.05) is 26.0 Å². The van der Waals surface area contributed by atoms with E-state index in [2.05, 4.69) is 5.32 Å². The third-order valence-corrected chi connectivity index (χ3v) is 2.39. The number of amides is 2. The van der Waals surface area contributed by atoms with Gasteiger partial charge in [0.25, 0.3) is 0 Å². The molecule has 0 atom stereocenters. The maximum atomic E-state index is 11.7. The summed E-state index contributed by atoms with van der Waals surface area (Å²) in [6.07, 6.45) is 0. The maximum absolute atomic E-state index is 11.7. The first-order chi connectivity index (χ1) is 8.43. The largest absolute Gasteiger partial charge is 0.497 e. The number of urea groups is 1. The average molecular weight is 252 g/mol. The van der Waals surface area contributed by atoms with E-state index >= 15 is 0 Å². The van der Waals surface area contributed by atoms with Gasteiger partial charge in [-0.3, -0.25) is 4.79 Å². The number of aliphatic carboxylic acids is 1. The van der Waals surface area contributed by atoms with Gasteiger partial charge in [0.15, 0.2) is 0 Å². The van der Waals surface area contributed by atoms with Gasteiger partial charge in [-0.15, -0.1) is 0 Å². The molecule has 2 amide bonds. The van der Waals surface area contributed by atoms with Crippen LogP contribution in [0.3, 0.4) is 0 Å². The quantitative estimate of drug-likeness (QED) is 0.852. The molecule has 98 valence electrons. The van der Waals surface area contributed by atoms with Crippen LogP contribution in [-0.4, -0.2) is 42.7 Å². The molecule has 0 spiro atoms. The summed E-state index contributed by atoms with van der Waals surface area (Å²) in [6.45, 7) is 1.48. The number of nitrogens with zero attached hydrogens (tertiary/aromatic N) is 1. The summed E-state index contributed by atoms with van der Waals surface area (Å²) >= 11 is 0. The summed E-state index contributed by atoms with van der Waals surface area (Å²) in [4.78, 5) is 23.2. The minimum Gasteiger partial charge on any atom is -0.497 e. The lowest BCUT2D eigenvalue weighted by Crippen LogP contribution is -2.35. The second-order valence-electron chi connectivity index (χ2n) is 3.86. The van der Waals surface area contributed by atoms with Gasteiger partial charge in [-0.2, -0.15) is 0 Å². The number of hydrogen-bond acceptors (Lipinski definition) is 3. The number of carboxylic acid groups (broad SMARTS) is 1. The van der Waals surface area contributed by atoms with Crippen molar-refractivity contribution in [1.29, 1.82) is 0 Å². The lowest BCUT2D eigenvalue weighted by Gasteiger charge is -2.17. The number of aryl methyl sites for hydroxylation is 1. The van der Waals surface area contributed by atoms with Crippen LogP contribution in [0.1, 0.15) is 5.56 Å². The van der Waals surface area contributed by atoms with E-state index in [1.807, 2.05) is 6.92 Å². The van der Waals surface area contributed by atoms with Gasteiger partial charge in [0.1, 0.15) is 12.3 Å². The molecule has 6 heteroatoms. The molecule has 0 radical (unpaired) electrons. The van der Waals surface area contributed by atoms with Gasteiger partial charge < -0.3 is 20.1 Å². The Morgan fingerprint density at radius 2 is 2.11 bits per heavy atom. The molecule has 0 saturated heterocycles. The van der Waals surface area contributed by atoms with Crippen molar-refractivity contribution in [2.24, 2.45) is 0 Å². The molecule has 18 heavy (non-hydrogen) atoms. The minimum atomic E-state index is -1.06. The molecule has 0 saturated carbocycles. The highest BCUT2D eigenvalue weighted by molar-refractivity contribution is 5.91. The number of carbonyl (C=O) groups is 2. The summed E-state index contributed by atoms with van der Waals surface area (Å²) in [6, 6.07) is 4.75. The first-order valence-electron chi connectivity index (χ1n) is 5.32. The van der Waals surface area contributed by atoms with E-state index in [1.165, 1.54) is 7.05 Å². The Labute approximate surface area is 105 Å². The Hall–Kier alpha value is -2.24. The van der Waals surface area contributed by atoms with Gasteiger partial charge >= 0.3 is 12.0 Å². The number of carboxylic acids is 1. The SMILES string of the molecule is COc1ccc(NC(=O)N(C)CC(=O)O)c(C)c1. The summed E-state index contributed by atoms with van der Waals surface area (Å²) in [5.74, 6) is -0.358. The smallest absolute Gasteiger partial charge is 0.323 e. The first kappa shape index (κ1) is 13.8. The number of anilines is 1. The molecule has 0 unspecified atom stereocenters. The summed E-state index contributed by atoms with van der Waals surface area (Å²) in [7, 11) is 2.98. The van der Waals surface area contributed by atoms with Crippen molar-refractivity contribution in [1.82, 2.24) is 4.90 Å². The molecular weight excluding hydrogens is 236 g/mol. The van der Waals surface area contributed by atoms with Gasteiger partial charge in [0, 0.05) is 12.7 Å². The zero-order valence-corrected chi connectivity index (χ0v) is 10.6. The molecule has 1 aromatic carbocycles. The number of ether oxygens (including phenoxy) is 1. The Morgan fingerprint density at radius 1 is 1.44 bits per heavy atom. The monoisotopic (exact) mass is 252 g/mol. The van der Waals surface area contributed by atoms with Crippen molar-refractivity contribution in [3.8, 4) is 5.75 Å². The fraction of sp³-hybridized carbons (Fsp3) is 0.333. The van der Waals surface area contributed by atoms with Crippen LogP contribution in [-0.2, 0) is 4.79 Å². The first-order valence-corrected chi connectivity index (χ1v) is 5.32. The van der Waals surface area contributed by atoms with Crippen LogP contribution in [0.15, 0.2) is 18.2 Å². The van der Waals surface area contributed by atoms with Gasteiger partial charge in [-0.25, -0.2) is 4.79 Å². The number of nitrogens with one attached hydrogen (secondary N) is 1. The van der Waals surface area contributed by atoms with Crippen molar-refractivity contribution in [3.05, 3.63) is 23.8 Å². The minimum absolute atomic E-state index is 0.346. The fourth-order valence-corrected chi connectivity index (χ4v) is 1.39. The predicted molar refractivity (Wildman–Crippen MR) is 67.0 cm³/mol. The Bertz CT molecular complexity index is 459. The Kier molecular flexibility index (Phi) is 4.53. The highest BCUT2D eigenvalue weighted by atomic mass is 16.5. The van der Waals surface area contributed by atoms with Crippen LogP contribution >= 0.6 is 0 Å². The molecule has 1 rings (SSSR count). The molecule has 6 nitrogen and oxygen atoms in total. The molecule has 0 bridgehead atoms. The molecule has 0 fully saturated rings. The van der Waals surface area contributed by atoms with Gasteiger partial charge in [-0.05, 0) is 30.7 Å². The highest BCUT2D eigenvalue weighted by Crippen LogP contribution is 2.21. The van der Waals surface area contributed by atoms with E-state index in [9.17, 15) is 9.59 Å². The summed E-state index contributed by atoms with van der Waals surface area (Å²) in [5, 5.41) is 11.2. The van der Waals surface area contributed by atoms with Gasteiger partial charge in [0.2, 0.25) is 0 Å². The van der Waals surface area contributed by atoms with E-state index in [0.717, 1.165) is 10.5 Å². The number of hydrogen-bond donors (Lipinski definition) is 2. The topological polar surface area (TPSA) is 78.9 Å². The standard InChI is InChI=1S/C12H16N2O4/c1-8-6-9(18-3)4-5-10(8)13-12(17)14(2)7-11(15)16/h4-6H,7H2,1-3H3,(H,13,17)(H,15,16). The number of benzene rings is 1. The van der Waals surface area contributed by atoms with Crippen LogP contribution in [0.5, 0.6) is 5.75 Å². The van der Waals surface area contributed by atoms with Crippen LogP contribution in [0.4, 0.5) is 10.5 Å². The molecule has 0 aliphatic heterocycles. The van der Waals surface area contributed by atoms with Crippen LogP contribution < -0.4 is 10.1 Å². The highest BCUT2D eigenvalue weighted by Gasteiger charge is 2.13. The summed E-state index contributed by atoms with van der Waals surface area (Å²) in [5.41, 5.74) is 1.46. The number of likely N-dealkylation sites (N-methyl/N-ethyl adjacent to an activating group) is 1. The van der Waals surface area contributed by atoms with Crippen molar-refractivity contribution >= 4 is 17.7 Å². The fourth-order valence-electron chi connectivity index (χ4n) is 1.39. The molecule has 0 aromatic heterocycles. The van der Waals surface area contributed by atoms with E-state index in [0.29, 0.717) is 11.4 Å². The molecule has 2 N–H and O–H groups in total. The van der Waals surface area contributed by atoms with Crippen molar-refractivity contribution in [3.63, 3.8) is 0 Å². The van der Waals surface area contributed by atoms with Crippen molar-refractivity contribution in [2.45, 2.75) is 6.92 Å². The van der Waals surface area contributed by atoms with Gasteiger partial charge in [0.05, 0.1) is 7.11 Å².